The monoisotopic (exact) mass is 340 g/mol. The smallest absolute Gasteiger partial charge is 0.175 e. The van der Waals surface area contributed by atoms with Crippen LogP contribution in [0.5, 0.6) is 0 Å². The van der Waals surface area contributed by atoms with Crippen LogP contribution >= 0.6 is 12.2 Å². The fraction of sp³-hybridized carbons (Fsp3) is 0.235. The van der Waals surface area contributed by atoms with E-state index in [4.69, 9.17) is 12.2 Å². The van der Waals surface area contributed by atoms with E-state index < -0.39 is 0 Å². The standard InChI is InChI=1S/C17H20N6S/c1-3-23-13(2)14(9-19-23)11-22-12-16(10-18-22)21-17(24)20-15-7-5-4-6-8-15/h4-10,12H,3,11H2,1-2H3,(H2,20,21,24). The molecule has 2 heterocycles. The topological polar surface area (TPSA) is 59.7 Å². The minimum Gasteiger partial charge on any atom is -0.332 e. The second kappa shape index (κ2) is 7.27. The van der Waals surface area contributed by atoms with Gasteiger partial charge in [-0.3, -0.25) is 9.36 Å². The Morgan fingerprint density at radius 3 is 2.54 bits per heavy atom. The van der Waals surface area contributed by atoms with Gasteiger partial charge in [0.1, 0.15) is 0 Å². The van der Waals surface area contributed by atoms with Crippen LogP contribution in [0.2, 0.25) is 0 Å². The van der Waals surface area contributed by atoms with E-state index in [1.54, 1.807) is 6.20 Å². The number of hydrogen-bond acceptors (Lipinski definition) is 3. The number of benzene rings is 1. The zero-order valence-electron chi connectivity index (χ0n) is 13.7. The van der Waals surface area contributed by atoms with Crippen molar-refractivity contribution in [2.45, 2.75) is 26.9 Å². The Morgan fingerprint density at radius 2 is 1.83 bits per heavy atom. The number of thiocarbonyl (C=S) groups is 1. The average molecular weight is 340 g/mol. The summed E-state index contributed by atoms with van der Waals surface area (Å²) in [6.45, 7) is 5.72. The third-order valence-electron chi connectivity index (χ3n) is 3.76. The molecule has 0 atom stereocenters. The minimum absolute atomic E-state index is 0.538. The Balaban J connectivity index is 1.61. The molecule has 6 nitrogen and oxygen atoms in total. The molecular formula is C17H20N6S. The lowest BCUT2D eigenvalue weighted by Gasteiger charge is -2.08. The van der Waals surface area contributed by atoms with E-state index in [0.717, 1.165) is 23.5 Å². The molecule has 1 aromatic carbocycles. The van der Waals surface area contributed by atoms with E-state index in [-0.39, 0.29) is 0 Å². The predicted molar refractivity (Wildman–Crippen MR) is 100 cm³/mol. The van der Waals surface area contributed by atoms with Gasteiger partial charge in [-0.25, -0.2) is 0 Å². The highest BCUT2D eigenvalue weighted by Gasteiger charge is 2.07. The second-order valence-electron chi connectivity index (χ2n) is 5.44. The Bertz CT molecular complexity index is 821. The Labute approximate surface area is 146 Å². The van der Waals surface area contributed by atoms with Gasteiger partial charge in [0.25, 0.3) is 0 Å². The van der Waals surface area contributed by atoms with Crippen LogP contribution in [0.1, 0.15) is 18.2 Å². The molecule has 0 spiro atoms. The van der Waals surface area contributed by atoms with Crippen molar-refractivity contribution in [1.29, 1.82) is 0 Å². The van der Waals surface area contributed by atoms with Gasteiger partial charge in [0.2, 0.25) is 0 Å². The van der Waals surface area contributed by atoms with E-state index in [9.17, 15) is 0 Å². The second-order valence-corrected chi connectivity index (χ2v) is 5.85. The normalized spacial score (nSPS) is 10.6. The van der Waals surface area contributed by atoms with Crippen molar-refractivity contribution in [3.05, 3.63) is 60.2 Å². The Kier molecular flexibility index (Phi) is 4.90. The van der Waals surface area contributed by atoms with Crippen LogP contribution in [-0.2, 0) is 13.1 Å². The first-order valence-electron chi connectivity index (χ1n) is 7.82. The fourth-order valence-electron chi connectivity index (χ4n) is 2.46. The lowest BCUT2D eigenvalue weighted by molar-refractivity contribution is 0.633. The summed E-state index contributed by atoms with van der Waals surface area (Å²) in [5.74, 6) is 0. The molecule has 0 saturated heterocycles. The van der Waals surface area contributed by atoms with Gasteiger partial charge in [-0.2, -0.15) is 10.2 Å². The molecule has 24 heavy (non-hydrogen) atoms. The van der Waals surface area contributed by atoms with Crippen molar-refractivity contribution < 1.29 is 0 Å². The molecule has 0 aliphatic heterocycles. The molecule has 0 radical (unpaired) electrons. The van der Waals surface area contributed by atoms with Crippen LogP contribution < -0.4 is 10.6 Å². The molecule has 2 N–H and O–H groups in total. The van der Waals surface area contributed by atoms with E-state index >= 15 is 0 Å². The highest BCUT2D eigenvalue weighted by molar-refractivity contribution is 7.80. The first-order valence-corrected chi connectivity index (χ1v) is 8.23. The van der Waals surface area contributed by atoms with E-state index in [1.807, 2.05) is 52.1 Å². The first kappa shape index (κ1) is 16.2. The van der Waals surface area contributed by atoms with Crippen molar-refractivity contribution in [3.8, 4) is 0 Å². The largest absolute Gasteiger partial charge is 0.332 e. The molecule has 0 amide bonds. The van der Waals surface area contributed by atoms with Crippen LogP contribution in [0.4, 0.5) is 11.4 Å². The van der Waals surface area contributed by atoms with Gasteiger partial charge < -0.3 is 10.6 Å². The van der Waals surface area contributed by atoms with Crippen LogP contribution in [0, 0.1) is 6.92 Å². The lowest BCUT2D eigenvalue weighted by atomic mass is 10.2. The quantitative estimate of drug-likeness (QED) is 0.698. The summed E-state index contributed by atoms with van der Waals surface area (Å²) < 4.78 is 3.86. The minimum atomic E-state index is 0.538. The van der Waals surface area contributed by atoms with Gasteiger partial charge in [0.15, 0.2) is 5.11 Å². The maximum absolute atomic E-state index is 5.32. The van der Waals surface area contributed by atoms with Crippen molar-refractivity contribution >= 4 is 28.7 Å². The molecule has 7 heteroatoms. The number of anilines is 2. The summed E-state index contributed by atoms with van der Waals surface area (Å²) in [5.41, 5.74) is 4.13. The molecule has 0 aliphatic carbocycles. The molecule has 124 valence electrons. The third kappa shape index (κ3) is 3.80. The van der Waals surface area contributed by atoms with Crippen LogP contribution in [0.25, 0.3) is 0 Å². The zero-order chi connectivity index (χ0) is 16.9. The summed E-state index contributed by atoms with van der Waals surface area (Å²) >= 11 is 5.32. The van der Waals surface area contributed by atoms with Gasteiger partial charge in [-0.1, -0.05) is 18.2 Å². The third-order valence-corrected chi connectivity index (χ3v) is 3.96. The molecule has 2 aromatic heterocycles. The predicted octanol–water partition coefficient (Wildman–Crippen LogP) is 3.27. The van der Waals surface area contributed by atoms with Crippen molar-refractivity contribution in [3.63, 3.8) is 0 Å². The number of nitrogens with one attached hydrogen (secondary N) is 2. The summed E-state index contributed by atoms with van der Waals surface area (Å²) in [6, 6.07) is 9.81. The fourth-order valence-corrected chi connectivity index (χ4v) is 2.70. The van der Waals surface area contributed by atoms with Crippen molar-refractivity contribution in [1.82, 2.24) is 19.6 Å². The lowest BCUT2D eigenvalue weighted by Crippen LogP contribution is -2.18. The van der Waals surface area contributed by atoms with Crippen LogP contribution in [0.15, 0.2) is 48.9 Å². The summed E-state index contributed by atoms with van der Waals surface area (Å²) in [7, 11) is 0. The number of aryl methyl sites for hydroxylation is 1. The highest BCUT2D eigenvalue weighted by Crippen LogP contribution is 2.12. The molecule has 0 bridgehead atoms. The van der Waals surface area contributed by atoms with Gasteiger partial charge in [-0.05, 0) is 38.2 Å². The van der Waals surface area contributed by atoms with Gasteiger partial charge >= 0.3 is 0 Å². The maximum atomic E-state index is 5.32. The maximum Gasteiger partial charge on any atom is 0.175 e. The SMILES string of the molecule is CCn1ncc(Cn2cc(NC(=S)Nc3ccccc3)cn2)c1C. The summed E-state index contributed by atoms with van der Waals surface area (Å²) in [6.07, 6.45) is 5.59. The number of hydrogen-bond donors (Lipinski definition) is 2. The Hall–Kier alpha value is -2.67. The molecule has 0 fully saturated rings. The van der Waals surface area contributed by atoms with Crippen molar-refractivity contribution in [2.75, 3.05) is 10.6 Å². The number of para-hydroxylation sites is 1. The molecule has 3 rings (SSSR count). The summed E-state index contributed by atoms with van der Waals surface area (Å²) in [5, 5.41) is 15.6. The number of rotatable bonds is 5. The van der Waals surface area contributed by atoms with Crippen molar-refractivity contribution in [2.24, 2.45) is 0 Å². The van der Waals surface area contributed by atoms with Gasteiger partial charge in [-0.15, -0.1) is 0 Å². The van der Waals surface area contributed by atoms with Gasteiger partial charge in [0.05, 0.1) is 24.6 Å². The molecule has 0 aliphatic rings. The molecular weight excluding hydrogens is 320 g/mol. The molecule has 0 unspecified atom stereocenters. The van der Waals surface area contributed by atoms with E-state index in [1.165, 1.54) is 5.69 Å². The van der Waals surface area contributed by atoms with Gasteiger partial charge in [0, 0.05) is 29.7 Å². The van der Waals surface area contributed by atoms with E-state index in [0.29, 0.717) is 11.7 Å². The first-order chi connectivity index (χ1) is 11.7. The molecule has 3 aromatic rings. The number of aromatic nitrogens is 4. The number of nitrogens with zero attached hydrogens (tertiary/aromatic N) is 4. The van der Waals surface area contributed by atoms with Crippen LogP contribution in [0.3, 0.4) is 0 Å². The zero-order valence-corrected chi connectivity index (χ0v) is 14.5. The van der Waals surface area contributed by atoms with Crippen LogP contribution in [-0.4, -0.2) is 24.7 Å². The van der Waals surface area contributed by atoms with E-state index in [2.05, 4.69) is 34.7 Å². The average Bonchev–Trinajstić information content (AvgIpc) is 3.16. The Morgan fingerprint density at radius 1 is 1.08 bits per heavy atom. The summed E-state index contributed by atoms with van der Waals surface area (Å²) in [4.78, 5) is 0. The molecule has 0 saturated carbocycles. The highest BCUT2D eigenvalue weighted by atomic mass is 32.1.